The van der Waals surface area contributed by atoms with Crippen LogP contribution >= 0.6 is 0 Å². The lowest BCUT2D eigenvalue weighted by Crippen LogP contribution is -2.26. The van der Waals surface area contributed by atoms with E-state index >= 15 is 0 Å². The quantitative estimate of drug-likeness (QED) is 0.169. The van der Waals surface area contributed by atoms with Gasteiger partial charge in [-0.2, -0.15) is 0 Å². The van der Waals surface area contributed by atoms with Gasteiger partial charge in [0.1, 0.15) is 0 Å². The van der Waals surface area contributed by atoms with E-state index in [-0.39, 0.29) is 0 Å². The normalized spacial score (nSPS) is 14.7. The highest BCUT2D eigenvalue weighted by molar-refractivity contribution is 6.21. The minimum absolute atomic E-state index is 0.456. The number of para-hydroxylation sites is 1. The summed E-state index contributed by atoms with van der Waals surface area (Å²) in [4.78, 5) is 2.34. The van der Waals surface area contributed by atoms with Gasteiger partial charge in [0.15, 0.2) is 0 Å². The summed E-state index contributed by atoms with van der Waals surface area (Å²) in [5.74, 6) is 0. The molecule has 0 saturated carbocycles. The third-order valence-corrected chi connectivity index (χ3v) is 13.4. The molecule has 60 heavy (non-hydrogen) atoms. The van der Waals surface area contributed by atoms with Crippen LogP contribution in [0.4, 0.5) is 17.1 Å². The number of fused-ring (bicyclic) bond motifs is 14. The molecule has 3 aliphatic rings. The summed E-state index contributed by atoms with van der Waals surface area (Å²) < 4.78 is 0. The first-order valence-electron chi connectivity index (χ1n) is 20.9. The maximum atomic E-state index is 2.56. The third kappa shape index (κ3) is 4.52. The largest absolute Gasteiger partial charge is 0.311 e. The Morgan fingerprint density at radius 1 is 0.267 bits per heavy atom. The third-order valence-electron chi connectivity index (χ3n) is 13.4. The van der Waals surface area contributed by atoms with Gasteiger partial charge in [-0.1, -0.05) is 176 Å². The predicted molar refractivity (Wildman–Crippen MR) is 250 cm³/mol. The van der Waals surface area contributed by atoms with E-state index < -0.39 is 5.41 Å². The molecule has 278 valence electrons. The molecule has 1 nitrogen and oxygen atoms in total. The molecule has 0 saturated heterocycles. The molecule has 1 unspecified atom stereocenters. The number of hydrogen-bond acceptors (Lipinski definition) is 1. The lowest BCUT2D eigenvalue weighted by molar-refractivity contribution is 0.795. The van der Waals surface area contributed by atoms with Crippen LogP contribution in [0.25, 0.3) is 77.5 Å². The van der Waals surface area contributed by atoms with Crippen molar-refractivity contribution in [2.75, 3.05) is 4.90 Å². The zero-order valence-electron chi connectivity index (χ0n) is 32.8. The Morgan fingerprint density at radius 2 is 0.750 bits per heavy atom. The van der Waals surface area contributed by atoms with E-state index in [9.17, 15) is 0 Å². The molecule has 0 aliphatic heterocycles. The van der Waals surface area contributed by atoms with Crippen LogP contribution < -0.4 is 4.90 Å². The fraction of sp³-hybridized carbons (Fsp3) is 0.0169. The summed E-state index contributed by atoms with van der Waals surface area (Å²) in [5.41, 5.74) is 23.9. The molecule has 10 aromatic rings. The Bertz CT molecular complexity index is 3340. The highest BCUT2D eigenvalue weighted by atomic mass is 15.1. The number of hydrogen-bond donors (Lipinski definition) is 0. The van der Waals surface area contributed by atoms with Crippen molar-refractivity contribution in [3.63, 3.8) is 0 Å². The molecule has 0 fully saturated rings. The number of rotatable bonds is 5. The van der Waals surface area contributed by atoms with E-state index in [1.165, 1.54) is 99.8 Å². The Labute approximate surface area is 350 Å². The molecule has 0 radical (unpaired) electrons. The molecule has 1 atom stereocenters. The molecular weight excluding hydrogens is 723 g/mol. The van der Waals surface area contributed by atoms with Crippen molar-refractivity contribution in [1.82, 2.24) is 0 Å². The minimum Gasteiger partial charge on any atom is -0.311 e. The van der Waals surface area contributed by atoms with E-state index in [2.05, 4.69) is 229 Å². The minimum atomic E-state index is -0.456. The van der Waals surface area contributed by atoms with Gasteiger partial charge in [-0.15, -0.1) is 0 Å². The zero-order chi connectivity index (χ0) is 39.4. The van der Waals surface area contributed by atoms with Gasteiger partial charge in [0, 0.05) is 17.1 Å². The second kappa shape index (κ2) is 12.6. The Morgan fingerprint density at radius 3 is 1.45 bits per heavy atom. The van der Waals surface area contributed by atoms with Crippen LogP contribution in [0.1, 0.15) is 22.3 Å². The van der Waals surface area contributed by atoms with E-state index in [1.807, 2.05) is 0 Å². The second-order valence-corrected chi connectivity index (χ2v) is 16.4. The topological polar surface area (TPSA) is 3.24 Å². The van der Waals surface area contributed by atoms with Crippen molar-refractivity contribution in [2.45, 2.75) is 5.41 Å². The van der Waals surface area contributed by atoms with Crippen molar-refractivity contribution < 1.29 is 0 Å². The SMILES string of the molecule is c1ccc(-c2ccc(N(c3ccccc3)c3ccc(-c4ccc5c(c4)C4(c6ccccc6-5)c5ccccc5-c5c4cc4c6c(cccc56)-c5ccccc5-4)cc3)cc2)cc1. The monoisotopic (exact) mass is 759 g/mol. The van der Waals surface area contributed by atoms with Crippen molar-refractivity contribution in [3.8, 4) is 66.8 Å². The van der Waals surface area contributed by atoms with Crippen molar-refractivity contribution in [1.29, 1.82) is 0 Å². The fourth-order valence-electron chi connectivity index (χ4n) is 10.9. The highest BCUT2D eigenvalue weighted by Gasteiger charge is 2.52. The van der Waals surface area contributed by atoms with Gasteiger partial charge in [-0.05, 0) is 148 Å². The Hall–Kier alpha value is -7.74. The summed E-state index contributed by atoms with van der Waals surface area (Å²) >= 11 is 0. The van der Waals surface area contributed by atoms with Crippen molar-refractivity contribution >= 4 is 27.8 Å². The molecule has 0 aromatic heterocycles. The second-order valence-electron chi connectivity index (χ2n) is 16.4. The van der Waals surface area contributed by atoms with E-state index in [4.69, 9.17) is 0 Å². The summed E-state index contributed by atoms with van der Waals surface area (Å²) in [6.45, 7) is 0. The molecule has 0 amide bonds. The molecular formula is C59H37N. The van der Waals surface area contributed by atoms with Gasteiger partial charge in [0.05, 0.1) is 5.41 Å². The summed E-state index contributed by atoms with van der Waals surface area (Å²) in [5, 5.41) is 2.72. The van der Waals surface area contributed by atoms with Gasteiger partial charge >= 0.3 is 0 Å². The molecule has 0 N–H and O–H groups in total. The summed E-state index contributed by atoms with van der Waals surface area (Å²) in [6, 6.07) is 83.3. The Balaban J connectivity index is 0.975. The van der Waals surface area contributed by atoms with Gasteiger partial charge in [-0.25, -0.2) is 0 Å². The lowest BCUT2D eigenvalue weighted by Gasteiger charge is -2.31. The van der Waals surface area contributed by atoms with Crippen molar-refractivity contribution in [3.05, 3.63) is 247 Å². The van der Waals surface area contributed by atoms with Crippen molar-refractivity contribution in [2.24, 2.45) is 0 Å². The summed E-state index contributed by atoms with van der Waals surface area (Å²) in [7, 11) is 0. The Kier molecular flexibility index (Phi) is 7.00. The molecule has 13 rings (SSSR count). The van der Waals surface area contributed by atoms with Crippen LogP contribution in [0.2, 0.25) is 0 Å². The molecule has 0 heterocycles. The average molecular weight is 760 g/mol. The molecule has 1 heteroatoms. The maximum absolute atomic E-state index is 2.56. The fourth-order valence-corrected chi connectivity index (χ4v) is 10.9. The van der Waals surface area contributed by atoms with Gasteiger partial charge < -0.3 is 4.90 Å². The van der Waals surface area contributed by atoms with Gasteiger partial charge in [-0.3, -0.25) is 0 Å². The van der Waals surface area contributed by atoms with Crippen LogP contribution in [0.15, 0.2) is 224 Å². The van der Waals surface area contributed by atoms with Gasteiger partial charge in [0.2, 0.25) is 0 Å². The van der Waals surface area contributed by atoms with E-state index in [0.29, 0.717) is 0 Å². The van der Waals surface area contributed by atoms with Crippen LogP contribution in [0.3, 0.4) is 0 Å². The number of anilines is 3. The first-order valence-corrected chi connectivity index (χ1v) is 20.9. The lowest BCUT2D eigenvalue weighted by atomic mass is 9.69. The molecule has 1 spiro atoms. The molecule has 10 aromatic carbocycles. The molecule has 0 bridgehead atoms. The van der Waals surface area contributed by atoms with Crippen LogP contribution in [-0.4, -0.2) is 0 Å². The first-order chi connectivity index (χ1) is 29.8. The maximum Gasteiger partial charge on any atom is 0.0726 e. The molecule has 3 aliphatic carbocycles. The van der Waals surface area contributed by atoms with Crippen LogP contribution in [0.5, 0.6) is 0 Å². The number of nitrogens with zero attached hydrogens (tertiary/aromatic N) is 1. The summed E-state index contributed by atoms with van der Waals surface area (Å²) in [6.07, 6.45) is 0. The first kappa shape index (κ1) is 33.3. The smallest absolute Gasteiger partial charge is 0.0726 e. The van der Waals surface area contributed by atoms with E-state index in [1.54, 1.807) is 0 Å². The van der Waals surface area contributed by atoms with Crippen LogP contribution in [0, 0.1) is 0 Å². The highest BCUT2D eigenvalue weighted by Crippen LogP contribution is 2.66. The predicted octanol–water partition coefficient (Wildman–Crippen LogP) is 15.6. The van der Waals surface area contributed by atoms with Gasteiger partial charge in [0.25, 0.3) is 0 Å². The average Bonchev–Trinajstić information content (AvgIpc) is 3.92. The zero-order valence-corrected chi connectivity index (χ0v) is 32.8. The number of benzene rings is 10. The van der Waals surface area contributed by atoms with E-state index in [0.717, 1.165) is 17.1 Å². The standard InChI is InChI=1S/C59H37N/c1-3-14-38(15-4-1)39-26-31-43(32-27-39)60(42-16-5-2-6-17-42)44-33-28-40(29-34-44)41-30-35-48-47-20-9-11-24-53(47)59(55(48)36-41)54-25-12-10-21-50(54)58-51-23-13-22-49-45-18-7-8-19-46(45)52(57(49)51)37-56(58)59/h1-37H. The van der Waals surface area contributed by atoms with Crippen LogP contribution in [-0.2, 0) is 5.41 Å².